The van der Waals surface area contributed by atoms with E-state index in [9.17, 15) is 8.42 Å². The van der Waals surface area contributed by atoms with Gasteiger partial charge in [-0.05, 0) is 55.5 Å². The van der Waals surface area contributed by atoms with Crippen LogP contribution < -0.4 is 0 Å². The highest BCUT2D eigenvalue weighted by Gasteiger charge is 2.31. The molecule has 1 aliphatic rings. The monoisotopic (exact) mass is 422 g/mol. The molecule has 2 aromatic carbocycles. The first-order chi connectivity index (χ1) is 14.5. The molecule has 1 atom stereocenters. The molecule has 1 aliphatic heterocycles. The van der Waals surface area contributed by atoms with Gasteiger partial charge in [0.1, 0.15) is 0 Å². The van der Waals surface area contributed by atoms with Crippen LogP contribution in [0.5, 0.6) is 0 Å². The number of hydrogen-bond acceptors (Lipinski definition) is 6. The van der Waals surface area contributed by atoms with Gasteiger partial charge in [-0.1, -0.05) is 29.4 Å². The van der Waals surface area contributed by atoms with Gasteiger partial charge in [0.15, 0.2) is 0 Å². The van der Waals surface area contributed by atoms with E-state index < -0.39 is 10.0 Å². The Morgan fingerprint density at radius 1 is 1.20 bits per heavy atom. The zero-order valence-electron chi connectivity index (χ0n) is 16.7. The normalized spacial score (nSPS) is 17.5. The predicted molar refractivity (Wildman–Crippen MR) is 111 cm³/mol. The molecule has 1 fully saturated rings. The molecule has 1 saturated heterocycles. The van der Waals surface area contributed by atoms with E-state index in [0.29, 0.717) is 36.8 Å². The van der Waals surface area contributed by atoms with E-state index in [1.54, 1.807) is 0 Å². The van der Waals surface area contributed by atoms with Crippen LogP contribution in [-0.4, -0.2) is 36.0 Å². The number of rotatable bonds is 5. The van der Waals surface area contributed by atoms with E-state index >= 15 is 0 Å². The smallest absolute Gasteiger partial charge is 0.243 e. The van der Waals surface area contributed by atoms with Crippen molar-refractivity contribution >= 4 is 10.0 Å². The molecule has 0 spiro atoms. The van der Waals surface area contributed by atoms with E-state index in [-0.39, 0.29) is 10.8 Å². The van der Waals surface area contributed by atoms with Crippen molar-refractivity contribution in [3.8, 4) is 17.5 Å². The Labute approximate surface area is 176 Å². The SMILES string of the molecule is Cc1ccccc1-c1noc(CC2CCCN(S(=O)(=O)c3ccc(C#N)cc3)C2)n1. The number of nitriles is 1. The largest absolute Gasteiger partial charge is 0.339 e. The summed E-state index contributed by atoms with van der Waals surface area (Å²) in [6.45, 7) is 2.89. The van der Waals surface area contributed by atoms with Crippen LogP contribution in [0.15, 0.2) is 57.9 Å². The Balaban J connectivity index is 1.47. The van der Waals surface area contributed by atoms with Gasteiger partial charge in [0, 0.05) is 25.1 Å². The van der Waals surface area contributed by atoms with Crippen molar-refractivity contribution in [1.29, 1.82) is 5.26 Å². The molecule has 1 aromatic heterocycles. The fourth-order valence-electron chi connectivity index (χ4n) is 3.78. The summed E-state index contributed by atoms with van der Waals surface area (Å²) in [5.41, 5.74) is 2.44. The van der Waals surface area contributed by atoms with E-state index in [0.717, 1.165) is 24.0 Å². The maximum Gasteiger partial charge on any atom is 0.243 e. The summed E-state index contributed by atoms with van der Waals surface area (Å²) in [5, 5.41) is 13.0. The quantitative estimate of drug-likeness (QED) is 0.623. The molecule has 1 unspecified atom stereocenters. The lowest BCUT2D eigenvalue weighted by atomic mass is 9.96. The maximum absolute atomic E-state index is 13.0. The van der Waals surface area contributed by atoms with Crippen LogP contribution in [0.4, 0.5) is 0 Å². The fourth-order valence-corrected chi connectivity index (χ4v) is 5.33. The predicted octanol–water partition coefficient (Wildman–Crippen LogP) is 3.56. The highest BCUT2D eigenvalue weighted by molar-refractivity contribution is 7.89. The van der Waals surface area contributed by atoms with Crippen LogP contribution in [0.3, 0.4) is 0 Å². The maximum atomic E-state index is 13.0. The van der Waals surface area contributed by atoms with Gasteiger partial charge in [-0.2, -0.15) is 14.6 Å². The zero-order chi connectivity index (χ0) is 21.1. The van der Waals surface area contributed by atoms with Crippen LogP contribution in [-0.2, 0) is 16.4 Å². The van der Waals surface area contributed by atoms with E-state index in [2.05, 4.69) is 10.1 Å². The molecule has 0 saturated carbocycles. The summed E-state index contributed by atoms with van der Waals surface area (Å²) in [4.78, 5) is 4.73. The van der Waals surface area contributed by atoms with Crippen LogP contribution in [0.25, 0.3) is 11.4 Å². The van der Waals surface area contributed by atoms with Crippen molar-refractivity contribution in [1.82, 2.24) is 14.4 Å². The molecule has 30 heavy (non-hydrogen) atoms. The molecule has 2 heterocycles. The molecule has 154 valence electrons. The minimum atomic E-state index is -3.60. The number of benzene rings is 2. The summed E-state index contributed by atoms with van der Waals surface area (Å²) in [5.74, 6) is 1.19. The number of aromatic nitrogens is 2. The van der Waals surface area contributed by atoms with Crippen molar-refractivity contribution in [3.05, 3.63) is 65.5 Å². The summed E-state index contributed by atoms with van der Waals surface area (Å²) in [6, 6.07) is 15.9. The Kier molecular flexibility index (Phi) is 5.66. The summed E-state index contributed by atoms with van der Waals surface area (Å²) in [6.07, 6.45) is 2.22. The molecular formula is C22H22N4O3S. The first-order valence-electron chi connectivity index (χ1n) is 9.86. The van der Waals surface area contributed by atoms with Gasteiger partial charge in [-0.25, -0.2) is 8.42 Å². The molecule has 7 nitrogen and oxygen atoms in total. The van der Waals surface area contributed by atoms with Crippen LogP contribution in [0.1, 0.15) is 29.9 Å². The third-order valence-electron chi connectivity index (χ3n) is 5.42. The van der Waals surface area contributed by atoms with E-state index in [1.165, 1.54) is 28.6 Å². The van der Waals surface area contributed by atoms with Crippen molar-refractivity contribution in [3.63, 3.8) is 0 Å². The Morgan fingerprint density at radius 2 is 1.97 bits per heavy atom. The van der Waals surface area contributed by atoms with Gasteiger partial charge in [0.05, 0.1) is 16.5 Å². The second kappa shape index (κ2) is 8.38. The summed E-state index contributed by atoms with van der Waals surface area (Å²) in [7, 11) is -3.60. The lowest BCUT2D eigenvalue weighted by molar-refractivity contribution is 0.247. The third kappa shape index (κ3) is 4.13. The van der Waals surface area contributed by atoms with Crippen LogP contribution in [0.2, 0.25) is 0 Å². The Hall–Kier alpha value is -3.02. The van der Waals surface area contributed by atoms with Gasteiger partial charge >= 0.3 is 0 Å². The van der Waals surface area contributed by atoms with Crippen molar-refractivity contribution < 1.29 is 12.9 Å². The van der Waals surface area contributed by atoms with E-state index in [4.69, 9.17) is 9.78 Å². The lowest BCUT2D eigenvalue weighted by Crippen LogP contribution is -2.40. The number of aryl methyl sites for hydroxylation is 1. The Bertz CT molecular complexity index is 1180. The van der Waals surface area contributed by atoms with Gasteiger partial charge < -0.3 is 4.52 Å². The standard InChI is InChI=1S/C22H22N4O3S/c1-16-5-2-3-7-20(16)22-24-21(29-25-22)13-18-6-4-12-26(15-18)30(27,28)19-10-8-17(14-23)9-11-19/h2-3,5,7-11,18H,4,6,12-13,15H2,1H3. The molecule has 8 heteroatoms. The third-order valence-corrected chi connectivity index (χ3v) is 7.30. The van der Waals surface area contributed by atoms with Gasteiger partial charge in [0.25, 0.3) is 0 Å². The van der Waals surface area contributed by atoms with Crippen LogP contribution >= 0.6 is 0 Å². The molecule has 0 aliphatic carbocycles. The second-order valence-electron chi connectivity index (χ2n) is 7.54. The molecule has 0 radical (unpaired) electrons. The highest BCUT2D eigenvalue weighted by atomic mass is 32.2. The minimum absolute atomic E-state index is 0.108. The molecule has 0 amide bonds. The number of nitrogens with zero attached hydrogens (tertiary/aromatic N) is 4. The van der Waals surface area contributed by atoms with Crippen molar-refractivity contribution in [2.45, 2.75) is 31.1 Å². The Morgan fingerprint density at radius 3 is 2.70 bits per heavy atom. The second-order valence-corrected chi connectivity index (χ2v) is 9.48. The van der Waals surface area contributed by atoms with Gasteiger partial charge in [-0.3, -0.25) is 0 Å². The average Bonchev–Trinajstić information content (AvgIpc) is 3.22. The number of sulfonamides is 1. The average molecular weight is 423 g/mol. The highest BCUT2D eigenvalue weighted by Crippen LogP contribution is 2.27. The molecular weight excluding hydrogens is 400 g/mol. The number of hydrogen-bond donors (Lipinski definition) is 0. The molecule has 3 aromatic rings. The lowest BCUT2D eigenvalue weighted by Gasteiger charge is -2.31. The molecule has 4 rings (SSSR count). The van der Waals surface area contributed by atoms with Crippen molar-refractivity contribution in [2.24, 2.45) is 5.92 Å². The molecule has 0 bridgehead atoms. The molecule has 0 N–H and O–H groups in total. The summed E-state index contributed by atoms with van der Waals surface area (Å²) < 4.78 is 33.0. The van der Waals surface area contributed by atoms with Gasteiger partial charge in [0.2, 0.25) is 21.7 Å². The minimum Gasteiger partial charge on any atom is -0.339 e. The topological polar surface area (TPSA) is 100 Å². The fraction of sp³-hybridized carbons (Fsp3) is 0.318. The summed E-state index contributed by atoms with van der Waals surface area (Å²) >= 11 is 0. The first-order valence-corrected chi connectivity index (χ1v) is 11.3. The van der Waals surface area contributed by atoms with Crippen molar-refractivity contribution in [2.75, 3.05) is 13.1 Å². The first kappa shape index (κ1) is 20.3. The zero-order valence-corrected chi connectivity index (χ0v) is 17.5. The van der Waals surface area contributed by atoms with Gasteiger partial charge in [-0.15, -0.1) is 0 Å². The number of piperidine rings is 1. The van der Waals surface area contributed by atoms with E-state index in [1.807, 2.05) is 37.3 Å². The van der Waals surface area contributed by atoms with Crippen LogP contribution in [0, 0.1) is 24.2 Å².